The first-order chi connectivity index (χ1) is 11.3. The van der Waals surface area contributed by atoms with Crippen LogP contribution in [-0.2, 0) is 9.53 Å². The van der Waals surface area contributed by atoms with Crippen LogP contribution in [0.25, 0.3) is 0 Å². The van der Waals surface area contributed by atoms with Gasteiger partial charge in [0.2, 0.25) is 5.91 Å². The molecule has 2 atom stereocenters. The molecule has 4 nitrogen and oxygen atoms in total. The van der Waals surface area contributed by atoms with E-state index in [2.05, 4.69) is 0 Å². The van der Waals surface area contributed by atoms with Crippen molar-refractivity contribution < 1.29 is 18.7 Å². The van der Waals surface area contributed by atoms with Crippen molar-refractivity contribution in [2.45, 2.75) is 65.1 Å². The van der Waals surface area contributed by atoms with Gasteiger partial charge in [-0.05, 0) is 71.2 Å². The third kappa shape index (κ3) is 4.13. The van der Waals surface area contributed by atoms with Gasteiger partial charge in [-0.1, -0.05) is 0 Å². The van der Waals surface area contributed by atoms with E-state index in [1.807, 2.05) is 32.6 Å². The van der Waals surface area contributed by atoms with Crippen LogP contribution >= 0.6 is 0 Å². The number of hydrogen-bond donors (Lipinski definition) is 0. The van der Waals surface area contributed by atoms with Gasteiger partial charge in [0.1, 0.15) is 11.9 Å². The summed E-state index contributed by atoms with van der Waals surface area (Å²) in [4.78, 5) is 27.0. The Hall–Kier alpha value is -1.91. The van der Waals surface area contributed by atoms with E-state index in [4.69, 9.17) is 4.74 Å². The number of carbonyl (C=O) groups excluding carboxylic acids is 2. The highest BCUT2D eigenvalue weighted by Gasteiger charge is 2.39. The molecular weight excluding hydrogens is 309 g/mol. The number of nitrogens with zero attached hydrogens (tertiary/aromatic N) is 1. The normalized spacial score (nSPS) is 20.5. The van der Waals surface area contributed by atoms with Crippen LogP contribution in [0.2, 0.25) is 0 Å². The van der Waals surface area contributed by atoms with Crippen LogP contribution in [0.4, 0.5) is 4.39 Å². The van der Waals surface area contributed by atoms with Crippen molar-refractivity contribution in [2.24, 2.45) is 5.92 Å². The average molecular weight is 335 g/mol. The Balaban J connectivity index is 2.08. The molecule has 0 N–H and O–H groups in total. The standard InChI is InChI=1S/C19H26FNO3/c1-12(2)21(13(3)4)18(22)16-6-5-7-17(16)24-19(23)14-8-10-15(20)11-9-14/h8-13,16-17H,5-7H2,1-4H3/t16-,17?/m0/s1. The van der Waals surface area contributed by atoms with Gasteiger partial charge >= 0.3 is 5.97 Å². The lowest BCUT2D eigenvalue weighted by molar-refractivity contribution is -0.142. The Morgan fingerprint density at radius 3 is 2.21 bits per heavy atom. The summed E-state index contributed by atoms with van der Waals surface area (Å²) in [7, 11) is 0. The van der Waals surface area contributed by atoms with Gasteiger partial charge in [-0.2, -0.15) is 0 Å². The quantitative estimate of drug-likeness (QED) is 0.769. The maximum atomic E-state index is 13.0. The van der Waals surface area contributed by atoms with Gasteiger partial charge in [0.05, 0.1) is 11.5 Å². The monoisotopic (exact) mass is 335 g/mol. The van der Waals surface area contributed by atoms with E-state index in [0.717, 1.165) is 12.8 Å². The molecule has 5 heteroatoms. The van der Waals surface area contributed by atoms with E-state index in [-0.39, 0.29) is 23.9 Å². The van der Waals surface area contributed by atoms with Crippen LogP contribution in [0.1, 0.15) is 57.3 Å². The van der Waals surface area contributed by atoms with Crippen molar-refractivity contribution in [2.75, 3.05) is 0 Å². The van der Waals surface area contributed by atoms with Gasteiger partial charge in [0.25, 0.3) is 0 Å². The van der Waals surface area contributed by atoms with Crippen molar-refractivity contribution in [1.82, 2.24) is 4.90 Å². The SMILES string of the molecule is CC(C)N(C(=O)[C@H]1CCCC1OC(=O)c1ccc(F)cc1)C(C)C. The first-order valence-electron chi connectivity index (χ1n) is 8.60. The number of hydrogen-bond acceptors (Lipinski definition) is 3. The molecule has 1 aromatic rings. The van der Waals surface area contributed by atoms with Crippen LogP contribution in [0, 0.1) is 11.7 Å². The molecule has 0 spiro atoms. The number of ether oxygens (including phenoxy) is 1. The molecule has 0 aliphatic heterocycles. The molecule has 1 aliphatic carbocycles. The van der Waals surface area contributed by atoms with E-state index >= 15 is 0 Å². The van der Waals surface area contributed by atoms with Gasteiger partial charge in [-0.15, -0.1) is 0 Å². The van der Waals surface area contributed by atoms with E-state index in [1.54, 1.807) is 0 Å². The molecule has 2 rings (SSSR count). The summed E-state index contributed by atoms with van der Waals surface area (Å²) in [5.41, 5.74) is 0.305. The van der Waals surface area contributed by atoms with Crippen LogP contribution in [0.3, 0.4) is 0 Å². The minimum Gasteiger partial charge on any atom is -0.458 e. The van der Waals surface area contributed by atoms with Crippen LogP contribution in [0.15, 0.2) is 24.3 Å². The van der Waals surface area contributed by atoms with Crippen molar-refractivity contribution in [3.8, 4) is 0 Å². The predicted molar refractivity (Wildman–Crippen MR) is 90.1 cm³/mol. The average Bonchev–Trinajstić information content (AvgIpc) is 2.95. The third-order valence-corrected chi connectivity index (χ3v) is 4.48. The number of benzene rings is 1. The highest BCUT2D eigenvalue weighted by molar-refractivity contribution is 5.90. The molecule has 0 aromatic heterocycles. The summed E-state index contributed by atoms with van der Waals surface area (Å²) < 4.78 is 18.5. The smallest absolute Gasteiger partial charge is 0.338 e. The van der Waals surface area contributed by atoms with Gasteiger partial charge in [0.15, 0.2) is 0 Å². The molecule has 0 heterocycles. The fourth-order valence-electron chi connectivity index (χ4n) is 3.44. The Labute approximate surface area is 143 Å². The number of amides is 1. The summed E-state index contributed by atoms with van der Waals surface area (Å²) in [6, 6.07) is 5.47. The van der Waals surface area contributed by atoms with E-state index in [0.29, 0.717) is 12.0 Å². The van der Waals surface area contributed by atoms with Crippen molar-refractivity contribution in [1.29, 1.82) is 0 Å². The molecule has 1 amide bonds. The molecule has 1 saturated carbocycles. The van der Waals surface area contributed by atoms with E-state index in [1.165, 1.54) is 24.3 Å². The molecule has 1 aromatic carbocycles. The zero-order valence-electron chi connectivity index (χ0n) is 14.8. The minimum atomic E-state index is -0.500. The molecule has 0 radical (unpaired) electrons. The summed E-state index contributed by atoms with van der Waals surface area (Å²) in [5, 5.41) is 0. The highest BCUT2D eigenvalue weighted by atomic mass is 19.1. The van der Waals surface area contributed by atoms with Crippen LogP contribution < -0.4 is 0 Å². The van der Waals surface area contributed by atoms with E-state index < -0.39 is 17.9 Å². The molecular formula is C19H26FNO3. The Morgan fingerprint density at radius 2 is 1.67 bits per heavy atom. The van der Waals surface area contributed by atoms with Gasteiger partial charge in [0, 0.05) is 12.1 Å². The Kier molecular flexibility index (Phi) is 5.97. The van der Waals surface area contributed by atoms with Crippen molar-refractivity contribution in [3.63, 3.8) is 0 Å². The van der Waals surface area contributed by atoms with Crippen LogP contribution in [-0.4, -0.2) is 35.0 Å². The first-order valence-corrected chi connectivity index (χ1v) is 8.60. The molecule has 1 unspecified atom stereocenters. The zero-order valence-corrected chi connectivity index (χ0v) is 14.8. The molecule has 1 fully saturated rings. The second kappa shape index (κ2) is 7.77. The second-order valence-electron chi connectivity index (χ2n) is 6.92. The van der Waals surface area contributed by atoms with E-state index in [9.17, 15) is 14.0 Å². The molecule has 0 saturated heterocycles. The van der Waals surface area contributed by atoms with Crippen molar-refractivity contribution in [3.05, 3.63) is 35.6 Å². The lowest BCUT2D eigenvalue weighted by Gasteiger charge is -2.34. The maximum absolute atomic E-state index is 13.0. The molecule has 1 aliphatic rings. The predicted octanol–water partition coefficient (Wildman–Crippen LogP) is 3.80. The Morgan fingerprint density at radius 1 is 1.08 bits per heavy atom. The number of carbonyl (C=O) groups is 2. The molecule has 132 valence electrons. The summed E-state index contributed by atoms with van der Waals surface area (Å²) >= 11 is 0. The fraction of sp³-hybridized carbons (Fsp3) is 0.579. The Bertz CT molecular complexity index is 575. The number of rotatable bonds is 5. The van der Waals surface area contributed by atoms with Gasteiger partial charge in [-0.3, -0.25) is 4.79 Å². The summed E-state index contributed by atoms with van der Waals surface area (Å²) in [6.07, 6.45) is 1.88. The van der Waals surface area contributed by atoms with Crippen LogP contribution in [0.5, 0.6) is 0 Å². The zero-order chi connectivity index (χ0) is 17.9. The molecule has 0 bridgehead atoms. The highest BCUT2D eigenvalue weighted by Crippen LogP contribution is 2.31. The lowest BCUT2D eigenvalue weighted by Crippen LogP contribution is -2.47. The summed E-state index contributed by atoms with van der Waals surface area (Å²) in [5.74, 6) is -1.14. The largest absolute Gasteiger partial charge is 0.458 e. The number of esters is 1. The second-order valence-corrected chi connectivity index (χ2v) is 6.92. The maximum Gasteiger partial charge on any atom is 0.338 e. The topological polar surface area (TPSA) is 46.6 Å². The third-order valence-electron chi connectivity index (χ3n) is 4.48. The number of halogens is 1. The molecule has 24 heavy (non-hydrogen) atoms. The van der Waals surface area contributed by atoms with Gasteiger partial charge < -0.3 is 9.64 Å². The lowest BCUT2D eigenvalue weighted by atomic mass is 10.0. The van der Waals surface area contributed by atoms with Crippen molar-refractivity contribution >= 4 is 11.9 Å². The van der Waals surface area contributed by atoms with Gasteiger partial charge in [-0.25, -0.2) is 9.18 Å². The first kappa shape index (κ1) is 18.4. The summed E-state index contributed by atoms with van der Waals surface area (Å²) in [6.45, 7) is 7.97. The minimum absolute atomic E-state index is 0.0504. The fourth-order valence-corrected chi connectivity index (χ4v) is 3.44.